The van der Waals surface area contributed by atoms with Gasteiger partial charge in [0, 0.05) is 26.3 Å². The van der Waals surface area contributed by atoms with Gasteiger partial charge in [-0.1, -0.05) is 37.6 Å². The number of hydrogen-bond donors (Lipinski definition) is 1. The van der Waals surface area contributed by atoms with E-state index < -0.39 is 0 Å². The molecule has 3 heteroatoms. The molecule has 0 bridgehead atoms. The number of nitrogens with one attached hydrogen (secondary N) is 1. The lowest BCUT2D eigenvalue weighted by Gasteiger charge is -2.13. The van der Waals surface area contributed by atoms with Crippen LogP contribution in [0.1, 0.15) is 30.9 Å². The zero-order valence-corrected chi connectivity index (χ0v) is 11.7. The Bertz CT molecular complexity index is 357. The molecule has 100 valence electrons. The minimum Gasteiger partial charge on any atom is -0.381 e. The molecule has 18 heavy (non-hydrogen) atoms. The Morgan fingerprint density at radius 3 is 2.39 bits per heavy atom. The Kier molecular flexibility index (Phi) is 6.44. The van der Waals surface area contributed by atoms with Gasteiger partial charge < -0.3 is 9.64 Å². The Labute approximate surface area is 110 Å². The summed E-state index contributed by atoms with van der Waals surface area (Å²) < 4.78 is 5.54. The van der Waals surface area contributed by atoms with E-state index in [1.165, 1.54) is 12.0 Å². The molecular formula is C15H24N2O. The van der Waals surface area contributed by atoms with E-state index in [4.69, 9.17) is 10.1 Å². The fraction of sp³-hybridized carbons (Fsp3) is 0.533. The number of benzene rings is 1. The second kappa shape index (κ2) is 7.88. The van der Waals surface area contributed by atoms with E-state index >= 15 is 0 Å². The van der Waals surface area contributed by atoms with Gasteiger partial charge in [0.25, 0.3) is 0 Å². The normalized spacial score (nSPS) is 10.4. The van der Waals surface area contributed by atoms with Crippen molar-refractivity contribution in [3.05, 3.63) is 35.4 Å². The van der Waals surface area contributed by atoms with Crippen LogP contribution < -0.4 is 0 Å². The molecule has 1 aromatic carbocycles. The largest absolute Gasteiger partial charge is 0.381 e. The summed E-state index contributed by atoms with van der Waals surface area (Å²) in [5.41, 5.74) is 2.22. The molecule has 0 aliphatic rings. The lowest BCUT2D eigenvalue weighted by Crippen LogP contribution is -2.21. The van der Waals surface area contributed by atoms with E-state index in [1.54, 1.807) is 0 Å². The molecule has 1 N–H and O–H groups in total. The molecule has 0 amide bonds. The second-order valence-corrected chi connectivity index (χ2v) is 4.66. The van der Waals surface area contributed by atoms with Crippen molar-refractivity contribution >= 4 is 5.84 Å². The smallest absolute Gasteiger partial charge is 0.127 e. The molecule has 0 fully saturated rings. The molecule has 0 spiro atoms. The Morgan fingerprint density at radius 2 is 1.83 bits per heavy atom. The highest BCUT2D eigenvalue weighted by Gasteiger charge is 2.02. The highest BCUT2D eigenvalue weighted by Crippen LogP contribution is 2.07. The number of ether oxygens (including phenoxy) is 1. The van der Waals surface area contributed by atoms with Gasteiger partial charge in [-0.3, -0.25) is 5.41 Å². The van der Waals surface area contributed by atoms with Crippen LogP contribution in [0.2, 0.25) is 0 Å². The van der Waals surface area contributed by atoms with Gasteiger partial charge in [0.15, 0.2) is 0 Å². The van der Waals surface area contributed by atoms with Crippen LogP contribution in [-0.2, 0) is 11.2 Å². The summed E-state index contributed by atoms with van der Waals surface area (Å²) in [6, 6.07) is 8.17. The minimum absolute atomic E-state index is 0.542. The summed E-state index contributed by atoms with van der Waals surface area (Å²) in [5.74, 6) is 0.542. The fourth-order valence-corrected chi connectivity index (χ4v) is 1.63. The maximum atomic E-state index is 7.87. The lowest BCUT2D eigenvalue weighted by atomic mass is 10.1. The third-order valence-corrected chi connectivity index (χ3v) is 2.85. The summed E-state index contributed by atoms with van der Waals surface area (Å²) in [4.78, 5) is 1.81. The molecule has 0 aliphatic carbocycles. The van der Waals surface area contributed by atoms with Gasteiger partial charge >= 0.3 is 0 Å². The highest BCUT2D eigenvalue weighted by atomic mass is 16.5. The zero-order valence-electron chi connectivity index (χ0n) is 11.7. The topological polar surface area (TPSA) is 36.3 Å². The average Bonchev–Trinajstić information content (AvgIpc) is 2.38. The van der Waals surface area contributed by atoms with Gasteiger partial charge in [-0.2, -0.15) is 0 Å². The van der Waals surface area contributed by atoms with Crippen molar-refractivity contribution in [3.8, 4) is 0 Å². The van der Waals surface area contributed by atoms with E-state index in [0.717, 1.165) is 31.6 Å². The van der Waals surface area contributed by atoms with E-state index in [0.29, 0.717) is 5.84 Å². The highest BCUT2D eigenvalue weighted by molar-refractivity contribution is 5.95. The summed E-state index contributed by atoms with van der Waals surface area (Å²) >= 11 is 0. The third kappa shape index (κ3) is 4.88. The van der Waals surface area contributed by atoms with Gasteiger partial charge in [-0.05, 0) is 18.4 Å². The van der Waals surface area contributed by atoms with Crippen LogP contribution in [0.15, 0.2) is 24.3 Å². The molecule has 0 saturated heterocycles. The maximum absolute atomic E-state index is 7.87. The number of nitrogens with zero attached hydrogens (tertiary/aromatic N) is 1. The van der Waals surface area contributed by atoms with Crippen LogP contribution in [0, 0.1) is 5.41 Å². The third-order valence-electron chi connectivity index (χ3n) is 2.85. The van der Waals surface area contributed by atoms with Crippen LogP contribution >= 0.6 is 0 Å². The molecule has 0 atom stereocenters. The van der Waals surface area contributed by atoms with E-state index in [1.807, 2.05) is 31.1 Å². The van der Waals surface area contributed by atoms with Crippen molar-refractivity contribution in [3.63, 3.8) is 0 Å². The predicted octanol–water partition coefficient (Wildman–Crippen LogP) is 2.93. The van der Waals surface area contributed by atoms with Gasteiger partial charge in [0.1, 0.15) is 5.84 Å². The Morgan fingerprint density at radius 1 is 1.17 bits per heavy atom. The standard InChI is InChI=1S/C15H24N2O/c1-4-5-11-18-12-10-13-6-8-14(9-7-13)15(16)17(2)3/h6-9,16H,4-5,10-12H2,1-3H3. The zero-order chi connectivity index (χ0) is 13.4. The van der Waals surface area contributed by atoms with Gasteiger partial charge in [-0.25, -0.2) is 0 Å². The molecular weight excluding hydrogens is 224 g/mol. The van der Waals surface area contributed by atoms with Crippen LogP contribution in [0.5, 0.6) is 0 Å². The van der Waals surface area contributed by atoms with Crippen LogP contribution in [0.3, 0.4) is 0 Å². The first-order valence-corrected chi connectivity index (χ1v) is 6.58. The van der Waals surface area contributed by atoms with E-state index in [9.17, 15) is 0 Å². The number of amidine groups is 1. The molecule has 0 aliphatic heterocycles. The summed E-state index contributed by atoms with van der Waals surface area (Å²) in [5, 5.41) is 7.87. The summed E-state index contributed by atoms with van der Waals surface area (Å²) in [6.45, 7) is 3.81. The molecule has 0 saturated carbocycles. The quantitative estimate of drug-likeness (QED) is 0.457. The van der Waals surface area contributed by atoms with Crippen molar-refractivity contribution in [1.29, 1.82) is 5.41 Å². The van der Waals surface area contributed by atoms with Gasteiger partial charge in [0.2, 0.25) is 0 Å². The summed E-state index contributed by atoms with van der Waals surface area (Å²) in [7, 11) is 3.77. The molecule has 0 unspecified atom stereocenters. The summed E-state index contributed by atoms with van der Waals surface area (Å²) in [6.07, 6.45) is 3.26. The number of hydrogen-bond acceptors (Lipinski definition) is 2. The van der Waals surface area contributed by atoms with Crippen molar-refractivity contribution in [2.45, 2.75) is 26.2 Å². The molecule has 1 aromatic rings. The van der Waals surface area contributed by atoms with E-state index in [2.05, 4.69) is 19.1 Å². The van der Waals surface area contributed by atoms with Crippen LogP contribution in [-0.4, -0.2) is 38.0 Å². The molecule has 0 aromatic heterocycles. The van der Waals surface area contributed by atoms with Crippen molar-refractivity contribution in [2.24, 2.45) is 0 Å². The van der Waals surface area contributed by atoms with Gasteiger partial charge in [-0.15, -0.1) is 0 Å². The number of rotatable bonds is 7. The average molecular weight is 248 g/mol. The number of unbranched alkanes of at least 4 members (excludes halogenated alkanes) is 1. The van der Waals surface area contributed by atoms with Crippen molar-refractivity contribution in [1.82, 2.24) is 4.90 Å². The SMILES string of the molecule is CCCCOCCc1ccc(C(=N)N(C)C)cc1. The monoisotopic (exact) mass is 248 g/mol. The van der Waals surface area contributed by atoms with Crippen molar-refractivity contribution in [2.75, 3.05) is 27.3 Å². The first-order valence-electron chi connectivity index (χ1n) is 6.58. The second-order valence-electron chi connectivity index (χ2n) is 4.66. The predicted molar refractivity (Wildman–Crippen MR) is 76.4 cm³/mol. The van der Waals surface area contributed by atoms with E-state index in [-0.39, 0.29) is 0 Å². The van der Waals surface area contributed by atoms with Crippen LogP contribution in [0.4, 0.5) is 0 Å². The fourth-order valence-electron chi connectivity index (χ4n) is 1.63. The van der Waals surface area contributed by atoms with Gasteiger partial charge in [0.05, 0.1) is 6.61 Å². The Hall–Kier alpha value is -1.35. The van der Waals surface area contributed by atoms with Crippen molar-refractivity contribution < 1.29 is 4.74 Å². The molecule has 0 heterocycles. The van der Waals surface area contributed by atoms with Crippen LogP contribution in [0.25, 0.3) is 0 Å². The molecule has 3 nitrogen and oxygen atoms in total. The maximum Gasteiger partial charge on any atom is 0.127 e. The lowest BCUT2D eigenvalue weighted by molar-refractivity contribution is 0.134. The molecule has 0 radical (unpaired) electrons. The molecule has 1 rings (SSSR count). The first-order chi connectivity index (χ1) is 8.65. The first kappa shape index (κ1) is 14.7. The minimum atomic E-state index is 0.542. The Balaban J connectivity index is 2.38.